The lowest BCUT2D eigenvalue weighted by atomic mass is 10.1. The first-order valence-corrected chi connectivity index (χ1v) is 8.78. The van der Waals surface area contributed by atoms with Crippen molar-refractivity contribution in [2.45, 2.75) is 6.42 Å². The summed E-state index contributed by atoms with van der Waals surface area (Å²) in [5.74, 6) is 2.17. The van der Waals surface area contributed by atoms with Crippen LogP contribution in [0.5, 0.6) is 23.0 Å². The third-order valence-electron chi connectivity index (χ3n) is 4.06. The largest absolute Gasteiger partial charge is 0.493 e. The van der Waals surface area contributed by atoms with Crippen LogP contribution in [0.4, 0.5) is 0 Å². The molecule has 0 aliphatic carbocycles. The molecular formula is C20H24ClNO5. The van der Waals surface area contributed by atoms with E-state index in [2.05, 4.69) is 0 Å². The van der Waals surface area contributed by atoms with Crippen LogP contribution in [0.1, 0.15) is 5.56 Å². The summed E-state index contributed by atoms with van der Waals surface area (Å²) >= 11 is 5.84. The molecule has 0 atom stereocenters. The van der Waals surface area contributed by atoms with Gasteiger partial charge in [-0.15, -0.1) is 0 Å². The van der Waals surface area contributed by atoms with Gasteiger partial charge in [-0.2, -0.15) is 0 Å². The molecule has 0 saturated heterocycles. The molecule has 146 valence electrons. The van der Waals surface area contributed by atoms with Crippen molar-refractivity contribution in [1.82, 2.24) is 4.90 Å². The molecule has 2 aromatic carbocycles. The zero-order valence-corrected chi connectivity index (χ0v) is 16.7. The van der Waals surface area contributed by atoms with E-state index in [9.17, 15) is 4.79 Å². The predicted molar refractivity (Wildman–Crippen MR) is 104 cm³/mol. The highest BCUT2D eigenvalue weighted by atomic mass is 35.5. The molecule has 0 aliphatic rings. The lowest BCUT2D eigenvalue weighted by Crippen LogP contribution is -2.32. The molecule has 0 aromatic heterocycles. The first-order chi connectivity index (χ1) is 13.0. The molecule has 0 spiro atoms. The van der Waals surface area contributed by atoms with Crippen LogP contribution in [-0.2, 0) is 11.2 Å². The van der Waals surface area contributed by atoms with Crippen LogP contribution < -0.4 is 18.9 Å². The van der Waals surface area contributed by atoms with E-state index in [-0.39, 0.29) is 12.3 Å². The van der Waals surface area contributed by atoms with Crippen molar-refractivity contribution in [1.29, 1.82) is 0 Å². The Labute approximate surface area is 164 Å². The van der Waals surface area contributed by atoms with Crippen LogP contribution >= 0.6 is 11.6 Å². The number of methoxy groups -OCH3 is 3. The molecule has 2 rings (SSSR count). The highest BCUT2D eigenvalue weighted by Gasteiger charge is 2.19. The first-order valence-electron chi connectivity index (χ1n) is 8.40. The minimum absolute atomic E-state index is 0.0553. The van der Waals surface area contributed by atoms with Gasteiger partial charge in [0.1, 0.15) is 12.4 Å². The van der Waals surface area contributed by atoms with Gasteiger partial charge in [0.25, 0.3) is 0 Å². The summed E-state index contributed by atoms with van der Waals surface area (Å²) in [6.07, 6.45) is 0.182. The summed E-state index contributed by atoms with van der Waals surface area (Å²) in [6.45, 7) is 0.837. The van der Waals surface area contributed by atoms with E-state index in [1.807, 2.05) is 0 Å². The maximum absolute atomic E-state index is 12.5. The number of amides is 1. The third-order valence-corrected chi connectivity index (χ3v) is 4.31. The number of ether oxygens (including phenoxy) is 4. The summed E-state index contributed by atoms with van der Waals surface area (Å²) in [5, 5.41) is 0.651. The zero-order valence-electron chi connectivity index (χ0n) is 16.0. The van der Waals surface area contributed by atoms with E-state index in [0.717, 1.165) is 5.56 Å². The van der Waals surface area contributed by atoms with Gasteiger partial charge in [0.2, 0.25) is 11.7 Å². The standard InChI is InChI=1S/C20H24ClNO5/c1-22(11-12-27-16-8-6-15(21)7-9-16)18(23)13-14-5-10-17(24-2)20(26-4)19(14)25-3/h5-10H,11-13H2,1-4H3. The summed E-state index contributed by atoms with van der Waals surface area (Å²) in [4.78, 5) is 14.2. The Hall–Kier alpha value is -2.60. The van der Waals surface area contributed by atoms with Crippen molar-refractivity contribution in [2.24, 2.45) is 0 Å². The second kappa shape index (κ2) is 9.92. The smallest absolute Gasteiger partial charge is 0.226 e. The molecule has 0 radical (unpaired) electrons. The number of benzene rings is 2. The molecule has 27 heavy (non-hydrogen) atoms. The van der Waals surface area contributed by atoms with Gasteiger partial charge in [-0.05, 0) is 30.3 Å². The third kappa shape index (κ3) is 5.44. The average molecular weight is 394 g/mol. The highest BCUT2D eigenvalue weighted by Crippen LogP contribution is 2.39. The summed E-state index contributed by atoms with van der Waals surface area (Å²) in [6, 6.07) is 10.7. The zero-order chi connectivity index (χ0) is 19.8. The highest BCUT2D eigenvalue weighted by molar-refractivity contribution is 6.30. The number of hydrogen-bond donors (Lipinski definition) is 0. The number of nitrogens with zero attached hydrogens (tertiary/aromatic N) is 1. The predicted octanol–water partition coefficient (Wildman–Crippen LogP) is 3.45. The molecule has 0 N–H and O–H groups in total. The molecule has 0 bridgehead atoms. The lowest BCUT2D eigenvalue weighted by Gasteiger charge is -2.19. The molecule has 2 aromatic rings. The van der Waals surface area contributed by atoms with Crippen molar-refractivity contribution in [3.8, 4) is 23.0 Å². The fraction of sp³-hybridized carbons (Fsp3) is 0.350. The Balaban J connectivity index is 1.96. The Morgan fingerprint density at radius 3 is 2.22 bits per heavy atom. The van der Waals surface area contributed by atoms with Crippen LogP contribution in [0, 0.1) is 0 Å². The Morgan fingerprint density at radius 1 is 0.963 bits per heavy atom. The Bertz CT molecular complexity index is 764. The van der Waals surface area contributed by atoms with Crippen molar-refractivity contribution in [2.75, 3.05) is 41.5 Å². The molecule has 0 unspecified atom stereocenters. The number of halogens is 1. The summed E-state index contributed by atoms with van der Waals surface area (Å²) in [5.41, 5.74) is 0.727. The number of rotatable bonds is 9. The van der Waals surface area contributed by atoms with Crippen molar-refractivity contribution >= 4 is 17.5 Å². The van der Waals surface area contributed by atoms with Crippen molar-refractivity contribution in [3.05, 3.63) is 47.0 Å². The quantitative estimate of drug-likeness (QED) is 0.653. The Morgan fingerprint density at radius 2 is 1.63 bits per heavy atom. The minimum Gasteiger partial charge on any atom is -0.493 e. The van der Waals surface area contributed by atoms with E-state index >= 15 is 0 Å². The normalized spacial score (nSPS) is 10.3. The van der Waals surface area contributed by atoms with Crippen LogP contribution in [0.25, 0.3) is 0 Å². The molecule has 6 nitrogen and oxygen atoms in total. The van der Waals surface area contributed by atoms with Crippen molar-refractivity contribution < 1.29 is 23.7 Å². The molecule has 7 heteroatoms. The minimum atomic E-state index is -0.0553. The van der Waals surface area contributed by atoms with E-state index < -0.39 is 0 Å². The summed E-state index contributed by atoms with van der Waals surface area (Å²) < 4.78 is 21.7. The lowest BCUT2D eigenvalue weighted by molar-refractivity contribution is -0.129. The number of carbonyl (C=O) groups excluding carboxylic acids is 1. The summed E-state index contributed by atoms with van der Waals surface area (Å²) in [7, 11) is 6.36. The van der Waals surface area contributed by atoms with Gasteiger partial charge < -0.3 is 23.8 Å². The monoisotopic (exact) mass is 393 g/mol. The van der Waals surface area contributed by atoms with Crippen LogP contribution in [0.3, 0.4) is 0 Å². The van der Waals surface area contributed by atoms with Gasteiger partial charge in [0.15, 0.2) is 11.5 Å². The maximum Gasteiger partial charge on any atom is 0.226 e. The SMILES string of the molecule is COc1ccc(CC(=O)N(C)CCOc2ccc(Cl)cc2)c(OC)c1OC. The molecular weight excluding hydrogens is 370 g/mol. The number of carbonyl (C=O) groups is 1. The molecule has 0 heterocycles. The first kappa shape index (κ1) is 20.7. The molecule has 0 saturated carbocycles. The molecule has 0 aliphatic heterocycles. The van der Waals surface area contributed by atoms with Gasteiger partial charge >= 0.3 is 0 Å². The van der Waals surface area contributed by atoms with Gasteiger partial charge in [-0.3, -0.25) is 4.79 Å². The molecule has 1 amide bonds. The number of likely N-dealkylation sites (N-methyl/N-ethyl adjacent to an activating group) is 1. The van der Waals surface area contributed by atoms with E-state index in [0.29, 0.717) is 41.2 Å². The van der Waals surface area contributed by atoms with E-state index in [4.69, 9.17) is 30.5 Å². The van der Waals surface area contributed by atoms with Crippen LogP contribution in [0.2, 0.25) is 5.02 Å². The number of hydrogen-bond acceptors (Lipinski definition) is 5. The fourth-order valence-corrected chi connectivity index (χ4v) is 2.68. The van der Waals surface area contributed by atoms with Crippen LogP contribution in [0.15, 0.2) is 36.4 Å². The van der Waals surface area contributed by atoms with Gasteiger partial charge in [-0.1, -0.05) is 17.7 Å². The maximum atomic E-state index is 12.5. The Kier molecular flexibility index (Phi) is 7.61. The molecule has 0 fully saturated rings. The van der Waals surface area contributed by atoms with Gasteiger partial charge in [-0.25, -0.2) is 0 Å². The second-order valence-electron chi connectivity index (χ2n) is 5.79. The average Bonchev–Trinajstić information content (AvgIpc) is 2.68. The van der Waals surface area contributed by atoms with Gasteiger partial charge in [0.05, 0.1) is 34.3 Å². The topological polar surface area (TPSA) is 57.2 Å². The van der Waals surface area contributed by atoms with Gasteiger partial charge in [0, 0.05) is 17.6 Å². The van der Waals surface area contributed by atoms with Crippen LogP contribution in [-0.4, -0.2) is 52.3 Å². The second-order valence-corrected chi connectivity index (χ2v) is 6.22. The van der Waals surface area contributed by atoms with E-state index in [1.165, 1.54) is 14.2 Å². The fourth-order valence-electron chi connectivity index (χ4n) is 2.56. The van der Waals surface area contributed by atoms with Crippen molar-refractivity contribution in [3.63, 3.8) is 0 Å². The van der Waals surface area contributed by atoms with E-state index in [1.54, 1.807) is 55.5 Å².